The summed E-state index contributed by atoms with van der Waals surface area (Å²) in [5.41, 5.74) is 2.48. The molecule has 0 bridgehead atoms. The summed E-state index contributed by atoms with van der Waals surface area (Å²) in [5.74, 6) is 0.726. The lowest BCUT2D eigenvalue weighted by Gasteiger charge is -2.27. The Hall–Kier alpha value is -3.36. The minimum absolute atomic E-state index is 0.0982. The zero-order chi connectivity index (χ0) is 26.8. The predicted octanol–water partition coefficient (Wildman–Crippen LogP) is 6.57. The van der Waals surface area contributed by atoms with Crippen molar-refractivity contribution in [2.24, 2.45) is 13.0 Å². The summed E-state index contributed by atoms with van der Waals surface area (Å²) in [6.07, 6.45) is 5.39. The quantitative estimate of drug-likeness (QED) is 0.282. The highest BCUT2D eigenvalue weighted by atomic mass is 35.5. The lowest BCUT2D eigenvalue weighted by Crippen LogP contribution is -2.29. The average molecular weight is 551 g/mol. The van der Waals surface area contributed by atoms with Gasteiger partial charge in [-0.1, -0.05) is 36.2 Å². The van der Waals surface area contributed by atoms with Crippen LogP contribution in [-0.2, 0) is 11.8 Å². The maximum Gasteiger partial charge on any atom is 0.295 e. The molecular formula is C29H31ClN4O3S. The minimum atomic E-state index is -0.226. The average Bonchev–Trinajstić information content (AvgIpc) is 3.50. The smallest absolute Gasteiger partial charge is 0.295 e. The Bertz CT molecular complexity index is 1510. The van der Waals surface area contributed by atoms with Gasteiger partial charge in [0.25, 0.3) is 5.56 Å². The highest BCUT2D eigenvalue weighted by Crippen LogP contribution is 2.42. The molecule has 1 amide bonds. The molecule has 38 heavy (non-hydrogen) atoms. The van der Waals surface area contributed by atoms with Gasteiger partial charge in [-0.25, -0.2) is 9.67 Å². The van der Waals surface area contributed by atoms with Gasteiger partial charge in [0.1, 0.15) is 16.4 Å². The number of carbonyl (C=O) groups excluding carboxylic acids is 1. The van der Waals surface area contributed by atoms with E-state index in [1.165, 1.54) is 0 Å². The van der Waals surface area contributed by atoms with Crippen molar-refractivity contribution in [3.8, 4) is 22.0 Å². The molecule has 0 saturated heterocycles. The number of nitrogens with one attached hydrogen (secondary N) is 1. The predicted molar refractivity (Wildman–Crippen MR) is 153 cm³/mol. The Balaban J connectivity index is 1.33. The normalized spacial score (nSPS) is 17.4. The van der Waals surface area contributed by atoms with Crippen LogP contribution >= 0.6 is 22.9 Å². The van der Waals surface area contributed by atoms with E-state index in [2.05, 4.69) is 10.3 Å². The van der Waals surface area contributed by atoms with Gasteiger partial charge in [-0.15, -0.1) is 11.3 Å². The van der Waals surface area contributed by atoms with Gasteiger partial charge in [0.05, 0.1) is 23.6 Å². The van der Waals surface area contributed by atoms with Gasteiger partial charge in [-0.05, 0) is 69.4 Å². The van der Waals surface area contributed by atoms with E-state index >= 15 is 0 Å². The molecule has 2 aromatic heterocycles. The van der Waals surface area contributed by atoms with Crippen LogP contribution in [0.15, 0.2) is 59.5 Å². The number of hydrogen-bond donors (Lipinski definition) is 1. The number of amides is 1. The molecule has 0 radical (unpaired) electrons. The Morgan fingerprint density at radius 1 is 1.21 bits per heavy atom. The molecule has 7 nitrogen and oxygen atoms in total. The molecule has 5 rings (SSSR count). The van der Waals surface area contributed by atoms with E-state index in [-0.39, 0.29) is 23.3 Å². The molecule has 1 N–H and O–H groups in total. The van der Waals surface area contributed by atoms with Crippen LogP contribution < -0.4 is 15.6 Å². The van der Waals surface area contributed by atoms with Gasteiger partial charge >= 0.3 is 0 Å². The third-order valence-electron chi connectivity index (χ3n) is 7.25. The van der Waals surface area contributed by atoms with E-state index in [0.717, 1.165) is 58.3 Å². The lowest BCUT2D eigenvalue weighted by atomic mass is 9.80. The molecule has 1 aliphatic rings. The highest BCUT2D eigenvalue weighted by molar-refractivity contribution is 7.15. The molecule has 2 atom stereocenters. The van der Waals surface area contributed by atoms with Crippen molar-refractivity contribution in [2.75, 3.05) is 11.9 Å². The first kappa shape index (κ1) is 26.3. The van der Waals surface area contributed by atoms with E-state index < -0.39 is 0 Å². The van der Waals surface area contributed by atoms with E-state index in [4.69, 9.17) is 16.3 Å². The van der Waals surface area contributed by atoms with Crippen molar-refractivity contribution in [1.82, 2.24) is 14.3 Å². The molecule has 198 valence electrons. The van der Waals surface area contributed by atoms with Crippen LogP contribution in [0.2, 0.25) is 5.02 Å². The summed E-state index contributed by atoms with van der Waals surface area (Å²) in [6, 6.07) is 15.0. The number of hydrogen-bond acceptors (Lipinski definition) is 5. The molecule has 1 unspecified atom stereocenters. The van der Waals surface area contributed by atoms with Crippen LogP contribution in [-0.4, -0.2) is 26.9 Å². The van der Waals surface area contributed by atoms with Gasteiger partial charge in [-0.2, -0.15) is 0 Å². The van der Waals surface area contributed by atoms with Gasteiger partial charge in [0, 0.05) is 29.1 Å². The second-order valence-corrected chi connectivity index (χ2v) is 11.1. The summed E-state index contributed by atoms with van der Waals surface area (Å²) >= 11 is 7.89. The fourth-order valence-corrected chi connectivity index (χ4v) is 6.43. The number of thiazole rings is 1. The molecule has 0 spiro atoms. The standard InChI is InChI=1S/C29H31ClN4O3S/c1-4-37-24-14-13-21(30)16-23(24)28-31-17-25(38-28)19-9-8-10-20(15-19)27(35)32-26-18(2)33(3)34(29(26)36)22-11-6-5-7-12-22/h5-7,11-14,16-17,19-20H,4,8-10,15H2,1-3H3,(H,32,35)/t19?,20-/m1/s1. The number of ether oxygens (including phenoxy) is 1. The van der Waals surface area contributed by atoms with Gasteiger partial charge in [-0.3, -0.25) is 14.3 Å². The number of halogens is 1. The van der Waals surface area contributed by atoms with Gasteiger partial charge < -0.3 is 10.1 Å². The second-order valence-electron chi connectivity index (χ2n) is 9.63. The summed E-state index contributed by atoms with van der Waals surface area (Å²) in [6.45, 7) is 4.36. The van der Waals surface area contributed by atoms with Crippen molar-refractivity contribution >= 4 is 34.5 Å². The fraction of sp³-hybridized carbons (Fsp3) is 0.345. The highest BCUT2D eigenvalue weighted by Gasteiger charge is 2.31. The van der Waals surface area contributed by atoms with Crippen molar-refractivity contribution < 1.29 is 9.53 Å². The maximum atomic E-state index is 13.4. The summed E-state index contributed by atoms with van der Waals surface area (Å²) < 4.78 is 9.15. The molecular weight excluding hydrogens is 520 g/mol. The first-order chi connectivity index (χ1) is 18.4. The molecule has 2 heterocycles. The number of carbonyl (C=O) groups is 1. The second kappa shape index (κ2) is 11.2. The zero-order valence-electron chi connectivity index (χ0n) is 21.7. The zero-order valence-corrected chi connectivity index (χ0v) is 23.3. The monoisotopic (exact) mass is 550 g/mol. The molecule has 9 heteroatoms. The van der Waals surface area contributed by atoms with Crippen LogP contribution in [0, 0.1) is 12.8 Å². The Morgan fingerprint density at radius 2 is 2.00 bits per heavy atom. The van der Waals surface area contributed by atoms with Crippen molar-refractivity contribution in [1.29, 1.82) is 0 Å². The van der Waals surface area contributed by atoms with Crippen LogP contribution in [0.25, 0.3) is 16.3 Å². The topological polar surface area (TPSA) is 78.2 Å². The van der Waals surface area contributed by atoms with Crippen LogP contribution in [0.4, 0.5) is 5.69 Å². The Labute approximate surface area is 231 Å². The number of anilines is 1. The Morgan fingerprint density at radius 3 is 2.76 bits per heavy atom. The number of para-hydroxylation sites is 1. The van der Waals surface area contributed by atoms with Crippen LogP contribution in [0.3, 0.4) is 0 Å². The molecule has 2 aromatic carbocycles. The molecule has 4 aromatic rings. The summed E-state index contributed by atoms with van der Waals surface area (Å²) in [5, 5.41) is 4.47. The van der Waals surface area contributed by atoms with E-state index in [1.807, 2.05) is 75.6 Å². The maximum absolute atomic E-state index is 13.4. The number of rotatable bonds is 7. The van der Waals surface area contributed by atoms with E-state index in [0.29, 0.717) is 17.3 Å². The van der Waals surface area contributed by atoms with Gasteiger partial charge in [0.15, 0.2) is 0 Å². The van der Waals surface area contributed by atoms with E-state index in [9.17, 15) is 9.59 Å². The number of nitrogens with zero attached hydrogens (tertiary/aromatic N) is 3. The number of benzene rings is 2. The third kappa shape index (κ3) is 5.15. The van der Waals surface area contributed by atoms with Crippen LogP contribution in [0.5, 0.6) is 5.75 Å². The summed E-state index contributed by atoms with van der Waals surface area (Å²) in [7, 11) is 1.83. The van der Waals surface area contributed by atoms with E-state index in [1.54, 1.807) is 20.7 Å². The van der Waals surface area contributed by atoms with Crippen molar-refractivity contribution in [2.45, 2.75) is 45.4 Å². The van der Waals surface area contributed by atoms with Gasteiger partial charge in [0.2, 0.25) is 5.91 Å². The first-order valence-corrected chi connectivity index (χ1v) is 14.1. The Kier molecular flexibility index (Phi) is 7.72. The third-order valence-corrected chi connectivity index (χ3v) is 8.67. The molecule has 1 aliphatic carbocycles. The lowest BCUT2D eigenvalue weighted by molar-refractivity contribution is -0.120. The van der Waals surface area contributed by atoms with Crippen molar-refractivity contribution in [3.63, 3.8) is 0 Å². The summed E-state index contributed by atoms with van der Waals surface area (Å²) in [4.78, 5) is 32.5. The molecule has 1 saturated carbocycles. The molecule has 0 aliphatic heterocycles. The fourth-order valence-electron chi connectivity index (χ4n) is 5.17. The van der Waals surface area contributed by atoms with Crippen molar-refractivity contribution in [3.05, 3.63) is 80.7 Å². The minimum Gasteiger partial charge on any atom is -0.493 e. The SMILES string of the molecule is CCOc1ccc(Cl)cc1-c1ncc(C2CCC[C@@H](C(=O)Nc3c(C)n(C)n(-c4ccccc4)c3=O)C2)s1. The number of aromatic nitrogens is 3. The van der Waals surface area contributed by atoms with Crippen LogP contribution in [0.1, 0.15) is 49.1 Å². The largest absolute Gasteiger partial charge is 0.493 e. The first-order valence-electron chi connectivity index (χ1n) is 12.9. The molecule has 1 fully saturated rings.